The van der Waals surface area contributed by atoms with E-state index in [-0.39, 0.29) is 11.3 Å². The fraction of sp³-hybridized carbons (Fsp3) is 0.364. The number of hydrogen-bond donors (Lipinski definition) is 2. The van der Waals surface area contributed by atoms with Crippen molar-refractivity contribution in [2.24, 2.45) is 0 Å². The lowest BCUT2D eigenvalue weighted by molar-refractivity contribution is -0.137. The molecule has 0 fully saturated rings. The molecule has 1 rings (SSSR count). The summed E-state index contributed by atoms with van der Waals surface area (Å²) in [4.78, 5) is 10.6. The highest BCUT2D eigenvalue weighted by molar-refractivity contribution is 9.11. The zero-order valence-electron chi connectivity index (χ0n) is 10.3. The van der Waals surface area contributed by atoms with Crippen LogP contribution in [0.3, 0.4) is 0 Å². The minimum atomic E-state index is -3.77. The van der Waals surface area contributed by atoms with Gasteiger partial charge in [0.15, 0.2) is 0 Å². The molecule has 1 atom stereocenters. The highest BCUT2D eigenvalue weighted by Crippen LogP contribution is 2.28. The Bertz CT molecular complexity index is 601. The van der Waals surface area contributed by atoms with Gasteiger partial charge in [0.2, 0.25) is 10.0 Å². The smallest absolute Gasteiger partial charge is 0.304 e. The summed E-state index contributed by atoms with van der Waals surface area (Å²) in [6.07, 6.45) is -0.274. The SMILES string of the molecule is Cc1cc(Br)c(S(=O)(=O)NC(C)CC(=O)O)cc1Br. The first-order valence-electron chi connectivity index (χ1n) is 5.33. The number of halogens is 2. The summed E-state index contributed by atoms with van der Waals surface area (Å²) in [5, 5.41) is 8.63. The second-order valence-electron chi connectivity index (χ2n) is 4.15. The largest absolute Gasteiger partial charge is 0.481 e. The van der Waals surface area contributed by atoms with Gasteiger partial charge < -0.3 is 5.11 Å². The maximum absolute atomic E-state index is 12.2. The predicted molar refractivity (Wildman–Crippen MR) is 78.6 cm³/mol. The Morgan fingerprint density at radius 2 is 1.95 bits per heavy atom. The van der Waals surface area contributed by atoms with Gasteiger partial charge in [0.05, 0.1) is 11.3 Å². The number of carboxylic acids is 1. The highest BCUT2D eigenvalue weighted by atomic mass is 79.9. The molecule has 0 saturated heterocycles. The van der Waals surface area contributed by atoms with Crippen LogP contribution in [-0.4, -0.2) is 25.5 Å². The summed E-state index contributed by atoms with van der Waals surface area (Å²) in [5.74, 6) is -1.06. The van der Waals surface area contributed by atoms with Gasteiger partial charge in [-0.2, -0.15) is 0 Å². The second kappa shape index (κ2) is 6.34. The third kappa shape index (κ3) is 4.55. The summed E-state index contributed by atoms with van der Waals surface area (Å²) in [6, 6.07) is 2.48. The van der Waals surface area contributed by atoms with Gasteiger partial charge in [0.25, 0.3) is 0 Å². The molecule has 0 heterocycles. The fourth-order valence-electron chi connectivity index (χ4n) is 1.47. The summed E-state index contributed by atoms with van der Waals surface area (Å²) in [6.45, 7) is 3.34. The topological polar surface area (TPSA) is 83.5 Å². The number of aryl methyl sites for hydroxylation is 1. The van der Waals surface area contributed by atoms with Crippen molar-refractivity contribution in [2.45, 2.75) is 31.2 Å². The monoisotopic (exact) mass is 413 g/mol. The predicted octanol–water partition coefficient (Wildman–Crippen LogP) is 2.66. The zero-order valence-corrected chi connectivity index (χ0v) is 14.3. The van der Waals surface area contributed by atoms with Crippen molar-refractivity contribution in [2.75, 3.05) is 0 Å². The number of carbonyl (C=O) groups is 1. The molecule has 0 radical (unpaired) electrons. The maximum atomic E-state index is 12.2. The molecule has 1 aromatic carbocycles. The molecule has 0 aliphatic carbocycles. The first-order chi connectivity index (χ1) is 8.63. The number of carboxylic acid groups (broad SMARTS) is 1. The molecule has 0 aliphatic rings. The normalized spacial score (nSPS) is 13.3. The van der Waals surface area contributed by atoms with Crippen LogP contribution in [0.25, 0.3) is 0 Å². The van der Waals surface area contributed by atoms with Gasteiger partial charge in [-0.1, -0.05) is 15.9 Å². The van der Waals surface area contributed by atoms with Crippen LogP contribution in [0.2, 0.25) is 0 Å². The highest BCUT2D eigenvalue weighted by Gasteiger charge is 2.22. The Morgan fingerprint density at radius 3 is 2.47 bits per heavy atom. The molecular formula is C11H13Br2NO4S. The molecule has 8 heteroatoms. The lowest BCUT2D eigenvalue weighted by atomic mass is 10.2. The summed E-state index contributed by atoms with van der Waals surface area (Å²) < 4.78 is 27.7. The van der Waals surface area contributed by atoms with Crippen LogP contribution in [-0.2, 0) is 14.8 Å². The van der Waals surface area contributed by atoms with E-state index in [4.69, 9.17) is 5.11 Å². The molecular weight excluding hydrogens is 402 g/mol. The van der Waals surface area contributed by atoms with E-state index in [0.717, 1.165) is 5.56 Å². The van der Waals surface area contributed by atoms with Gasteiger partial charge in [0.1, 0.15) is 0 Å². The summed E-state index contributed by atoms with van der Waals surface area (Å²) >= 11 is 6.47. The Morgan fingerprint density at radius 1 is 1.37 bits per heavy atom. The van der Waals surface area contributed by atoms with Crippen molar-refractivity contribution in [3.8, 4) is 0 Å². The van der Waals surface area contributed by atoms with E-state index in [2.05, 4.69) is 36.6 Å². The number of sulfonamides is 1. The van der Waals surface area contributed by atoms with Crippen molar-refractivity contribution in [3.05, 3.63) is 26.6 Å². The van der Waals surface area contributed by atoms with Crippen molar-refractivity contribution < 1.29 is 18.3 Å². The van der Waals surface area contributed by atoms with E-state index < -0.39 is 22.0 Å². The van der Waals surface area contributed by atoms with Gasteiger partial charge in [0, 0.05) is 15.0 Å². The van der Waals surface area contributed by atoms with Crippen LogP contribution >= 0.6 is 31.9 Å². The van der Waals surface area contributed by atoms with Crippen LogP contribution in [0.4, 0.5) is 0 Å². The molecule has 0 amide bonds. The van der Waals surface area contributed by atoms with Crippen molar-refractivity contribution in [3.63, 3.8) is 0 Å². The molecule has 1 aromatic rings. The minimum absolute atomic E-state index is 0.0715. The maximum Gasteiger partial charge on any atom is 0.304 e. The van der Waals surface area contributed by atoms with Gasteiger partial charge in [-0.15, -0.1) is 0 Å². The molecule has 0 bridgehead atoms. The average molecular weight is 415 g/mol. The van der Waals surface area contributed by atoms with Crippen molar-refractivity contribution in [1.29, 1.82) is 0 Å². The molecule has 5 nitrogen and oxygen atoms in total. The third-order valence-electron chi connectivity index (χ3n) is 2.34. The molecule has 0 aromatic heterocycles. The molecule has 0 saturated carbocycles. The zero-order chi connectivity index (χ0) is 14.8. The van der Waals surface area contributed by atoms with E-state index in [1.165, 1.54) is 13.0 Å². The summed E-state index contributed by atoms with van der Waals surface area (Å²) in [5.41, 5.74) is 0.893. The van der Waals surface area contributed by atoms with E-state index in [1.807, 2.05) is 6.92 Å². The van der Waals surface area contributed by atoms with Crippen LogP contribution in [0.15, 0.2) is 26.0 Å². The second-order valence-corrected chi connectivity index (χ2v) is 7.54. The molecule has 106 valence electrons. The van der Waals surface area contributed by atoms with Crippen LogP contribution in [0, 0.1) is 6.92 Å². The molecule has 0 aliphatic heterocycles. The van der Waals surface area contributed by atoms with E-state index in [9.17, 15) is 13.2 Å². The average Bonchev–Trinajstić information content (AvgIpc) is 2.20. The Hall–Kier alpha value is -0.440. The minimum Gasteiger partial charge on any atom is -0.481 e. The van der Waals surface area contributed by atoms with Crippen LogP contribution in [0.5, 0.6) is 0 Å². The first-order valence-corrected chi connectivity index (χ1v) is 8.40. The molecule has 0 spiro atoms. The Balaban J connectivity index is 3.07. The van der Waals surface area contributed by atoms with Gasteiger partial charge in [-0.3, -0.25) is 4.79 Å². The van der Waals surface area contributed by atoms with Crippen molar-refractivity contribution >= 4 is 47.9 Å². The van der Waals surface area contributed by atoms with E-state index >= 15 is 0 Å². The van der Waals surface area contributed by atoms with Crippen LogP contribution in [0.1, 0.15) is 18.9 Å². The molecule has 1 unspecified atom stereocenters. The lowest BCUT2D eigenvalue weighted by Crippen LogP contribution is -2.34. The summed E-state index contributed by atoms with van der Waals surface area (Å²) in [7, 11) is -3.77. The number of hydrogen-bond acceptors (Lipinski definition) is 3. The molecule has 2 N–H and O–H groups in total. The van der Waals surface area contributed by atoms with E-state index in [0.29, 0.717) is 8.95 Å². The standard InChI is InChI=1S/C11H13Br2NO4S/c1-6-3-9(13)10(5-8(6)12)19(17,18)14-7(2)4-11(15)16/h3,5,7,14H,4H2,1-2H3,(H,15,16). The fourth-order valence-corrected chi connectivity index (χ4v) is 4.39. The Kier molecular flexibility index (Phi) is 5.54. The lowest BCUT2D eigenvalue weighted by Gasteiger charge is -2.14. The van der Waals surface area contributed by atoms with Gasteiger partial charge >= 0.3 is 5.97 Å². The number of aliphatic carboxylic acids is 1. The third-order valence-corrected chi connectivity index (χ3v) is 5.74. The van der Waals surface area contributed by atoms with E-state index in [1.54, 1.807) is 6.07 Å². The van der Waals surface area contributed by atoms with Crippen LogP contribution < -0.4 is 4.72 Å². The van der Waals surface area contributed by atoms with Gasteiger partial charge in [-0.25, -0.2) is 13.1 Å². The Labute approximate surface area is 128 Å². The van der Waals surface area contributed by atoms with Crippen molar-refractivity contribution in [1.82, 2.24) is 4.72 Å². The first kappa shape index (κ1) is 16.6. The molecule has 19 heavy (non-hydrogen) atoms. The number of rotatable bonds is 5. The number of benzene rings is 1. The van der Waals surface area contributed by atoms with Gasteiger partial charge in [-0.05, 0) is 47.5 Å². The number of nitrogens with one attached hydrogen (secondary N) is 1. The quantitative estimate of drug-likeness (QED) is 0.775.